The van der Waals surface area contributed by atoms with Gasteiger partial charge in [-0.1, -0.05) is 0 Å². The molecule has 0 spiro atoms. The monoisotopic (exact) mass is 261 g/mol. The van der Waals surface area contributed by atoms with E-state index in [0.717, 1.165) is 49.4 Å². The molecule has 1 saturated heterocycles. The number of H-pyrrole nitrogens is 1. The fraction of sp³-hybridized carbons (Fsp3) is 0.667. The Balaban J connectivity index is 1.68. The number of aromatic amines is 1. The molecule has 7 heteroatoms. The van der Waals surface area contributed by atoms with Gasteiger partial charge in [0.2, 0.25) is 5.95 Å². The van der Waals surface area contributed by atoms with E-state index in [1.54, 1.807) is 0 Å². The van der Waals surface area contributed by atoms with Crippen molar-refractivity contribution in [3.8, 4) is 0 Å². The number of rotatable bonds is 2. The van der Waals surface area contributed by atoms with Crippen LogP contribution in [0.1, 0.15) is 36.2 Å². The number of piperidine rings is 1. The third kappa shape index (κ3) is 2.32. The quantitative estimate of drug-likeness (QED) is 0.870. The molecule has 0 radical (unpaired) electrons. The van der Waals surface area contributed by atoms with Crippen LogP contribution in [0, 0.1) is 13.8 Å². The number of nitrogens with zero attached hydrogens (tertiary/aromatic N) is 6. The number of aromatic nitrogens is 6. The molecule has 2 aromatic rings. The van der Waals surface area contributed by atoms with E-state index in [-0.39, 0.29) is 0 Å². The highest BCUT2D eigenvalue weighted by Crippen LogP contribution is 2.27. The first-order valence-electron chi connectivity index (χ1n) is 6.65. The first-order valence-corrected chi connectivity index (χ1v) is 6.65. The predicted molar refractivity (Wildman–Crippen MR) is 71.0 cm³/mol. The predicted octanol–water partition coefficient (Wildman–Crippen LogP) is 0.934. The largest absolute Gasteiger partial charge is 0.341 e. The Kier molecular flexibility index (Phi) is 2.96. The SMILES string of the molecule is Cc1nc(N2CCC(c3n[nH]c(C)n3)CC2)n(C)n1. The van der Waals surface area contributed by atoms with E-state index in [4.69, 9.17) is 0 Å². The van der Waals surface area contributed by atoms with Crippen LogP contribution in [0.25, 0.3) is 0 Å². The highest BCUT2D eigenvalue weighted by molar-refractivity contribution is 5.31. The average molecular weight is 261 g/mol. The molecular formula is C12H19N7. The molecule has 0 bridgehead atoms. The number of anilines is 1. The molecule has 1 N–H and O–H groups in total. The zero-order valence-corrected chi connectivity index (χ0v) is 11.6. The molecule has 0 saturated carbocycles. The maximum Gasteiger partial charge on any atom is 0.223 e. The molecule has 2 aromatic heterocycles. The van der Waals surface area contributed by atoms with Gasteiger partial charge in [0.1, 0.15) is 11.6 Å². The van der Waals surface area contributed by atoms with Crippen LogP contribution in [0.2, 0.25) is 0 Å². The normalized spacial score (nSPS) is 17.1. The highest BCUT2D eigenvalue weighted by Gasteiger charge is 2.25. The van der Waals surface area contributed by atoms with E-state index in [0.29, 0.717) is 5.92 Å². The van der Waals surface area contributed by atoms with Gasteiger partial charge in [-0.2, -0.15) is 15.2 Å². The molecule has 7 nitrogen and oxygen atoms in total. The lowest BCUT2D eigenvalue weighted by molar-refractivity contribution is 0.477. The van der Waals surface area contributed by atoms with E-state index in [1.165, 1.54) is 0 Å². The number of hydrogen-bond donors (Lipinski definition) is 1. The maximum atomic E-state index is 4.48. The lowest BCUT2D eigenvalue weighted by Crippen LogP contribution is -2.35. The highest BCUT2D eigenvalue weighted by atomic mass is 15.4. The van der Waals surface area contributed by atoms with Crippen LogP contribution in [-0.2, 0) is 7.05 Å². The van der Waals surface area contributed by atoms with Crippen molar-refractivity contribution >= 4 is 5.95 Å². The van der Waals surface area contributed by atoms with Crippen molar-refractivity contribution in [1.29, 1.82) is 0 Å². The van der Waals surface area contributed by atoms with Gasteiger partial charge in [0, 0.05) is 26.1 Å². The lowest BCUT2D eigenvalue weighted by atomic mass is 9.96. The maximum absolute atomic E-state index is 4.48. The second-order valence-electron chi connectivity index (χ2n) is 5.12. The molecule has 0 aromatic carbocycles. The van der Waals surface area contributed by atoms with Crippen molar-refractivity contribution in [3.63, 3.8) is 0 Å². The summed E-state index contributed by atoms with van der Waals surface area (Å²) in [6, 6.07) is 0. The summed E-state index contributed by atoms with van der Waals surface area (Å²) in [5.41, 5.74) is 0. The Hall–Kier alpha value is -1.92. The van der Waals surface area contributed by atoms with Crippen LogP contribution >= 0.6 is 0 Å². The number of hydrogen-bond acceptors (Lipinski definition) is 5. The molecule has 1 aliphatic rings. The molecule has 3 rings (SSSR count). The van der Waals surface area contributed by atoms with Crippen LogP contribution in [0.4, 0.5) is 5.95 Å². The summed E-state index contributed by atoms with van der Waals surface area (Å²) in [7, 11) is 1.94. The summed E-state index contributed by atoms with van der Waals surface area (Å²) < 4.78 is 1.85. The Labute approximate surface area is 112 Å². The van der Waals surface area contributed by atoms with Gasteiger partial charge in [-0.3, -0.25) is 5.10 Å². The van der Waals surface area contributed by atoms with Crippen LogP contribution < -0.4 is 4.90 Å². The molecule has 19 heavy (non-hydrogen) atoms. The third-order valence-electron chi connectivity index (χ3n) is 3.60. The average Bonchev–Trinajstić information content (AvgIpc) is 2.96. The van der Waals surface area contributed by atoms with Crippen molar-refractivity contribution in [2.45, 2.75) is 32.6 Å². The van der Waals surface area contributed by atoms with Gasteiger partial charge in [0.05, 0.1) is 0 Å². The summed E-state index contributed by atoms with van der Waals surface area (Å²) in [5, 5.41) is 11.5. The Morgan fingerprint density at radius 1 is 1.16 bits per heavy atom. The summed E-state index contributed by atoms with van der Waals surface area (Å²) in [4.78, 5) is 11.2. The zero-order valence-electron chi connectivity index (χ0n) is 11.6. The minimum absolute atomic E-state index is 0.454. The van der Waals surface area contributed by atoms with Crippen molar-refractivity contribution in [1.82, 2.24) is 29.9 Å². The summed E-state index contributed by atoms with van der Waals surface area (Å²) in [6.45, 7) is 5.81. The fourth-order valence-electron chi connectivity index (χ4n) is 2.66. The standard InChI is InChI=1S/C12H19N7/c1-8-13-11(16-15-8)10-4-6-19(7-5-10)12-14-9(2)17-18(12)3/h10H,4-7H2,1-3H3,(H,13,15,16). The molecule has 102 valence electrons. The first kappa shape index (κ1) is 12.1. The van der Waals surface area contributed by atoms with Crippen molar-refractivity contribution < 1.29 is 0 Å². The molecule has 0 atom stereocenters. The Morgan fingerprint density at radius 2 is 1.89 bits per heavy atom. The number of aryl methyl sites for hydroxylation is 3. The minimum Gasteiger partial charge on any atom is -0.341 e. The first-order chi connectivity index (χ1) is 9.13. The summed E-state index contributed by atoms with van der Waals surface area (Å²) in [5.74, 6) is 4.08. The molecule has 1 fully saturated rings. The van der Waals surface area contributed by atoms with Crippen molar-refractivity contribution in [3.05, 3.63) is 17.5 Å². The fourth-order valence-corrected chi connectivity index (χ4v) is 2.66. The van der Waals surface area contributed by atoms with Crippen LogP contribution in [-0.4, -0.2) is 43.0 Å². The van der Waals surface area contributed by atoms with Crippen LogP contribution in [0.15, 0.2) is 0 Å². The van der Waals surface area contributed by atoms with Gasteiger partial charge in [-0.15, -0.1) is 0 Å². The van der Waals surface area contributed by atoms with Gasteiger partial charge in [0.15, 0.2) is 5.82 Å². The van der Waals surface area contributed by atoms with Gasteiger partial charge in [-0.05, 0) is 26.7 Å². The molecule has 1 aliphatic heterocycles. The van der Waals surface area contributed by atoms with Gasteiger partial charge in [0.25, 0.3) is 0 Å². The van der Waals surface area contributed by atoms with Gasteiger partial charge >= 0.3 is 0 Å². The molecule has 0 amide bonds. The van der Waals surface area contributed by atoms with E-state index < -0.39 is 0 Å². The minimum atomic E-state index is 0.454. The smallest absolute Gasteiger partial charge is 0.223 e. The summed E-state index contributed by atoms with van der Waals surface area (Å²) >= 11 is 0. The van der Waals surface area contributed by atoms with Crippen molar-refractivity contribution in [2.75, 3.05) is 18.0 Å². The number of nitrogens with one attached hydrogen (secondary N) is 1. The Bertz CT molecular complexity index is 562. The van der Waals surface area contributed by atoms with E-state index in [1.807, 2.05) is 25.6 Å². The zero-order chi connectivity index (χ0) is 13.4. The van der Waals surface area contributed by atoms with Crippen LogP contribution in [0.5, 0.6) is 0 Å². The van der Waals surface area contributed by atoms with Crippen LogP contribution in [0.3, 0.4) is 0 Å². The Morgan fingerprint density at radius 3 is 2.42 bits per heavy atom. The topological polar surface area (TPSA) is 75.5 Å². The summed E-state index contributed by atoms with van der Waals surface area (Å²) in [6.07, 6.45) is 2.12. The molecular weight excluding hydrogens is 242 g/mol. The third-order valence-corrected chi connectivity index (χ3v) is 3.60. The van der Waals surface area contributed by atoms with E-state index >= 15 is 0 Å². The van der Waals surface area contributed by atoms with Crippen molar-refractivity contribution in [2.24, 2.45) is 7.05 Å². The van der Waals surface area contributed by atoms with E-state index in [9.17, 15) is 0 Å². The molecule has 3 heterocycles. The molecule has 0 unspecified atom stereocenters. The lowest BCUT2D eigenvalue weighted by Gasteiger charge is -2.30. The second kappa shape index (κ2) is 4.64. The second-order valence-corrected chi connectivity index (χ2v) is 5.12. The molecule has 0 aliphatic carbocycles. The van der Waals surface area contributed by atoms with Gasteiger partial charge in [-0.25, -0.2) is 9.67 Å². The van der Waals surface area contributed by atoms with Gasteiger partial charge < -0.3 is 4.90 Å². The van der Waals surface area contributed by atoms with E-state index in [2.05, 4.69) is 30.2 Å².